The predicted octanol–water partition coefficient (Wildman–Crippen LogP) is 2.35. The lowest BCUT2D eigenvalue weighted by Gasteiger charge is -2.19. The second-order valence-electron chi connectivity index (χ2n) is 5.48. The Bertz CT molecular complexity index is 541. The topological polar surface area (TPSA) is 70.4 Å². The number of aryl methyl sites for hydroxylation is 1. The Morgan fingerprint density at radius 3 is 2.85 bits per heavy atom. The predicted molar refractivity (Wildman–Crippen MR) is 77.2 cm³/mol. The van der Waals surface area contributed by atoms with E-state index >= 15 is 0 Å². The van der Waals surface area contributed by atoms with Crippen LogP contribution < -0.4 is 0 Å². The molecular formula is C14H19N3O2S. The molecular weight excluding hydrogens is 274 g/mol. The van der Waals surface area contributed by atoms with Crippen molar-refractivity contribution in [1.82, 2.24) is 9.97 Å². The molecule has 0 saturated heterocycles. The Balaban J connectivity index is 1.84. The molecule has 2 heterocycles. The van der Waals surface area contributed by atoms with Crippen LogP contribution in [0.1, 0.15) is 50.4 Å². The van der Waals surface area contributed by atoms with Crippen molar-refractivity contribution in [1.29, 1.82) is 0 Å². The van der Waals surface area contributed by atoms with Gasteiger partial charge in [0.25, 0.3) is 5.03 Å². The van der Waals surface area contributed by atoms with E-state index < -0.39 is 11.2 Å². The lowest BCUT2D eigenvalue weighted by Crippen LogP contribution is -2.25. The SMILES string of the molecule is CC[S+]([O-])c1nc(C2=NOC3(CCCC3)C2)cnc1C. The molecule has 0 radical (unpaired) electrons. The van der Waals surface area contributed by atoms with Crippen LogP contribution in [-0.2, 0) is 16.0 Å². The average Bonchev–Trinajstić information content (AvgIpc) is 3.09. The van der Waals surface area contributed by atoms with Crippen LogP contribution in [0.2, 0.25) is 0 Å². The molecule has 1 unspecified atom stereocenters. The molecule has 1 saturated carbocycles. The highest BCUT2D eigenvalue weighted by Gasteiger charge is 2.42. The molecule has 1 aliphatic heterocycles. The Kier molecular flexibility index (Phi) is 3.69. The highest BCUT2D eigenvalue weighted by molar-refractivity contribution is 7.91. The van der Waals surface area contributed by atoms with Crippen molar-refractivity contribution < 1.29 is 9.39 Å². The highest BCUT2D eigenvalue weighted by Crippen LogP contribution is 2.40. The third kappa shape index (κ3) is 2.42. The van der Waals surface area contributed by atoms with Crippen molar-refractivity contribution >= 4 is 16.9 Å². The van der Waals surface area contributed by atoms with E-state index in [-0.39, 0.29) is 5.60 Å². The van der Waals surface area contributed by atoms with Gasteiger partial charge in [0.2, 0.25) is 0 Å². The Morgan fingerprint density at radius 2 is 2.15 bits per heavy atom. The summed E-state index contributed by atoms with van der Waals surface area (Å²) in [6.45, 7) is 3.72. The van der Waals surface area contributed by atoms with Crippen LogP contribution in [0, 0.1) is 6.92 Å². The molecule has 0 aromatic carbocycles. The second-order valence-corrected chi connectivity index (χ2v) is 7.13. The van der Waals surface area contributed by atoms with E-state index in [0.29, 0.717) is 16.5 Å². The summed E-state index contributed by atoms with van der Waals surface area (Å²) in [4.78, 5) is 14.5. The summed E-state index contributed by atoms with van der Waals surface area (Å²) in [6, 6.07) is 0. The first-order valence-corrected chi connectivity index (χ1v) is 8.43. The molecule has 108 valence electrons. The summed E-state index contributed by atoms with van der Waals surface area (Å²) in [5.41, 5.74) is 2.17. The smallest absolute Gasteiger partial charge is 0.266 e. The fourth-order valence-electron chi connectivity index (χ4n) is 2.87. The Labute approximate surface area is 122 Å². The summed E-state index contributed by atoms with van der Waals surface area (Å²) >= 11 is -1.09. The number of aromatic nitrogens is 2. The molecule has 0 bridgehead atoms. The van der Waals surface area contributed by atoms with E-state index in [1.807, 2.05) is 13.8 Å². The molecule has 6 heteroatoms. The van der Waals surface area contributed by atoms with Gasteiger partial charge < -0.3 is 9.39 Å². The van der Waals surface area contributed by atoms with Crippen LogP contribution in [0.25, 0.3) is 0 Å². The van der Waals surface area contributed by atoms with E-state index in [4.69, 9.17) is 4.84 Å². The van der Waals surface area contributed by atoms with Crippen molar-refractivity contribution in [3.8, 4) is 0 Å². The maximum Gasteiger partial charge on any atom is 0.266 e. The summed E-state index contributed by atoms with van der Waals surface area (Å²) in [5, 5.41) is 4.78. The van der Waals surface area contributed by atoms with Crippen LogP contribution in [0.4, 0.5) is 0 Å². The first kappa shape index (κ1) is 13.8. The van der Waals surface area contributed by atoms with Crippen LogP contribution in [-0.4, -0.2) is 31.6 Å². The first-order valence-electron chi connectivity index (χ1n) is 7.11. The van der Waals surface area contributed by atoms with Gasteiger partial charge in [-0.05, 0) is 39.5 Å². The van der Waals surface area contributed by atoms with E-state index in [1.54, 1.807) is 6.20 Å². The first-order chi connectivity index (χ1) is 9.63. The number of rotatable bonds is 3. The average molecular weight is 293 g/mol. The summed E-state index contributed by atoms with van der Waals surface area (Å²) < 4.78 is 12.0. The lowest BCUT2D eigenvalue weighted by atomic mass is 9.95. The molecule has 3 rings (SSSR count). The van der Waals surface area contributed by atoms with Crippen molar-refractivity contribution in [3.63, 3.8) is 0 Å². The minimum atomic E-state index is -1.09. The quantitative estimate of drug-likeness (QED) is 0.802. The molecule has 1 atom stereocenters. The molecule has 0 N–H and O–H groups in total. The van der Waals surface area contributed by atoms with E-state index in [0.717, 1.165) is 30.7 Å². The van der Waals surface area contributed by atoms with Crippen LogP contribution >= 0.6 is 0 Å². The zero-order valence-corrected chi connectivity index (χ0v) is 12.7. The monoisotopic (exact) mass is 293 g/mol. The van der Waals surface area contributed by atoms with Crippen LogP contribution in [0.5, 0.6) is 0 Å². The molecule has 5 nitrogen and oxygen atoms in total. The van der Waals surface area contributed by atoms with Gasteiger partial charge in [-0.25, -0.2) is 0 Å². The van der Waals surface area contributed by atoms with Gasteiger partial charge >= 0.3 is 0 Å². The molecule has 0 amide bonds. The number of oxime groups is 1. The van der Waals surface area contributed by atoms with E-state index in [9.17, 15) is 4.55 Å². The number of hydrogen-bond donors (Lipinski definition) is 0. The van der Waals surface area contributed by atoms with Crippen molar-refractivity contribution in [2.45, 2.75) is 56.6 Å². The third-order valence-electron chi connectivity index (χ3n) is 4.04. The molecule has 20 heavy (non-hydrogen) atoms. The number of hydrogen-bond acceptors (Lipinski definition) is 5. The van der Waals surface area contributed by atoms with Gasteiger partial charge in [-0.3, -0.25) is 4.98 Å². The molecule has 2 aliphatic rings. The third-order valence-corrected chi connectivity index (χ3v) is 5.38. The Hall–Kier alpha value is -1.14. The molecule has 1 spiro atoms. The molecule has 1 aliphatic carbocycles. The molecule has 1 aromatic heterocycles. The Morgan fingerprint density at radius 1 is 1.40 bits per heavy atom. The number of nitrogens with zero attached hydrogens (tertiary/aromatic N) is 3. The summed E-state index contributed by atoms with van der Waals surface area (Å²) in [6.07, 6.45) is 7.03. The van der Waals surface area contributed by atoms with Crippen molar-refractivity contribution in [2.24, 2.45) is 5.16 Å². The van der Waals surface area contributed by atoms with E-state index in [2.05, 4.69) is 15.1 Å². The van der Waals surface area contributed by atoms with Crippen LogP contribution in [0.15, 0.2) is 16.4 Å². The maximum atomic E-state index is 12.0. The summed E-state index contributed by atoms with van der Waals surface area (Å²) in [7, 11) is 0. The van der Waals surface area contributed by atoms with Gasteiger partial charge in [0.1, 0.15) is 28.5 Å². The normalized spacial score (nSPS) is 21.9. The largest absolute Gasteiger partial charge is 0.610 e. The van der Waals surface area contributed by atoms with Crippen molar-refractivity contribution in [2.75, 3.05) is 5.75 Å². The zero-order chi connectivity index (χ0) is 14.2. The van der Waals surface area contributed by atoms with Gasteiger partial charge in [0.05, 0.1) is 6.20 Å². The lowest BCUT2D eigenvalue weighted by molar-refractivity contribution is -0.0126. The minimum Gasteiger partial charge on any atom is -0.610 e. The van der Waals surface area contributed by atoms with Gasteiger partial charge in [-0.2, -0.15) is 4.98 Å². The van der Waals surface area contributed by atoms with Gasteiger partial charge in [-0.15, -0.1) is 0 Å². The van der Waals surface area contributed by atoms with Gasteiger partial charge in [-0.1, -0.05) is 5.16 Å². The molecule has 1 aromatic rings. The van der Waals surface area contributed by atoms with E-state index in [1.165, 1.54) is 12.8 Å². The summed E-state index contributed by atoms with van der Waals surface area (Å²) in [5.74, 6) is 0.548. The maximum absolute atomic E-state index is 12.0. The zero-order valence-electron chi connectivity index (χ0n) is 11.9. The van der Waals surface area contributed by atoms with Crippen LogP contribution in [0.3, 0.4) is 0 Å². The minimum absolute atomic E-state index is 0.105. The highest BCUT2D eigenvalue weighted by atomic mass is 32.2. The van der Waals surface area contributed by atoms with Gasteiger partial charge in [0, 0.05) is 17.6 Å². The fourth-order valence-corrected chi connectivity index (χ4v) is 3.73. The van der Waals surface area contributed by atoms with Crippen molar-refractivity contribution in [3.05, 3.63) is 17.6 Å². The second kappa shape index (κ2) is 5.33. The standard InChI is InChI=1S/C14H19N3O2S/c1-3-20(18)13-10(2)15-9-12(16-13)11-8-14(19-17-11)6-4-5-7-14/h9H,3-8H2,1-2H3. The molecule has 1 fully saturated rings. The fraction of sp³-hybridized carbons (Fsp3) is 0.643. The van der Waals surface area contributed by atoms with Gasteiger partial charge in [0.15, 0.2) is 0 Å².